The van der Waals surface area contributed by atoms with Gasteiger partial charge in [0.05, 0.1) is 0 Å². The van der Waals surface area contributed by atoms with Crippen LogP contribution in [-0.2, 0) is 9.84 Å². The highest BCUT2D eigenvalue weighted by molar-refractivity contribution is 7.92. The summed E-state index contributed by atoms with van der Waals surface area (Å²) in [4.78, 5) is 6.02. The van der Waals surface area contributed by atoms with Crippen LogP contribution in [0.1, 0.15) is 0 Å². The van der Waals surface area contributed by atoms with Crippen LogP contribution < -0.4 is 5.32 Å². The van der Waals surface area contributed by atoms with Crippen molar-refractivity contribution >= 4 is 45.4 Å². The molecule has 0 aliphatic carbocycles. The van der Waals surface area contributed by atoms with Crippen molar-refractivity contribution in [1.29, 1.82) is 0 Å². The Labute approximate surface area is 142 Å². The third-order valence-corrected chi connectivity index (χ3v) is 5.82. The van der Waals surface area contributed by atoms with E-state index in [1.54, 1.807) is 6.20 Å². The zero-order valence-corrected chi connectivity index (χ0v) is 14.5. The highest BCUT2D eigenvalue weighted by Gasteiger charge is 2.34. The van der Waals surface area contributed by atoms with E-state index in [4.69, 9.17) is 0 Å². The number of likely N-dealkylation sites (N-methyl/N-ethyl adjacent to an activating group) is 1. The summed E-state index contributed by atoms with van der Waals surface area (Å²) in [5.74, 6) is 0. The lowest BCUT2D eigenvalue weighted by atomic mass is 10.2. The molecule has 0 bridgehead atoms. The van der Waals surface area contributed by atoms with Gasteiger partial charge in [-0.15, -0.1) is 24.8 Å². The van der Waals surface area contributed by atoms with Gasteiger partial charge in [0.25, 0.3) is 0 Å². The molecule has 2 aromatic rings. The minimum atomic E-state index is -3.49. The summed E-state index contributed by atoms with van der Waals surface area (Å²) in [5, 5.41) is 4.34. The predicted molar refractivity (Wildman–Crippen MR) is 92.7 cm³/mol. The first-order valence-electron chi connectivity index (χ1n) is 6.59. The van der Waals surface area contributed by atoms with Crippen molar-refractivity contribution in [3.05, 3.63) is 36.5 Å². The summed E-state index contributed by atoms with van der Waals surface area (Å²) in [6.07, 6.45) is 1.56. The number of halogens is 2. The molecule has 1 aromatic heterocycles. The van der Waals surface area contributed by atoms with Crippen molar-refractivity contribution in [3.63, 3.8) is 0 Å². The van der Waals surface area contributed by atoms with Crippen molar-refractivity contribution in [3.8, 4) is 0 Å². The van der Waals surface area contributed by atoms with Gasteiger partial charge in [0.15, 0.2) is 5.03 Å². The quantitative estimate of drug-likeness (QED) is 0.879. The Morgan fingerprint density at radius 2 is 1.95 bits per heavy atom. The Kier molecular flexibility index (Phi) is 6.58. The molecular weight excluding hydrogens is 345 g/mol. The number of pyridine rings is 1. The SMILES string of the molecule is CN1CCNCC1S(=O)(=O)c1nccc2ccccc12.Cl.Cl. The number of nitrogens with zero attached hydrogens (tertiary/aromatic N) is 2. The van der Waals surface area contributed by atoms with E-state index in [2.05, 4.69) is 10.3 Å². The zero-order chi connectivity index (χ0) is 14.2. The first kappa shape index (κ1) is 19.1. The molecule has 1 unspecified atom stereocenters. The molecule has 1 aliphatic rings. The third-order valence-electron chi connectivity index (χ3n) is 3.72. The van der Waals surface area contributed by atoms with E-state index in [1.807, 2.05) is 42.3 Å². The summed E-state index contributed by atoms with van der Waals surface area (Å²) < 4.78 is 25.7. The molecular formula is C14H19Cl2N3O2S. The van der Waals surface area contributed by atoms with E-state index in [0.717, 1.165) is 11.9 Å². The predicted octanol–water partition coefficient (Wildman–Crippen LogP) is 1.71. The van der Waals surface area contributed by atoms with Crippen LogP contribution in [0.4, 0.5) is 0 Å². The Morgan fingerprint density at radius 3 is 2.68 bits per heavy atom. The summed E-state index contributed by atoms with van der Waals surface area (Å²) >= 11 is 0. The van der Waals surface area contributed by atoms with Gasteiger partial charge in [-0.05, 0) is 18.5 Å². The molecule has 1 atom stereocenters. The van der Waals surface area contributed by atoms with Gasteiger partial charge in [0.2, 0.25) is 9.84 Å². The summed E-state index contributed by atoms with van der Waals surface area (Å²) in [5.41, 5.74) is 0. The maximum Gasteiger partial charge on any atom is 0.213 e. The van der Waals surface area contributed by atoms with Crippen LogP contribution in [0.25, 0.3) is 10.8 Å². The van der Waals surface area contributed by atoms with Crippen LogP contribution in [0.3, 0.4) is 0 Å². The van der Waals surface area contributed by atoms with E-state index in [1.165, 1.54) is 0 Å². The van der Waals surface area contributed by atoms with Crippen molar-refractivity contribution in [2.45, 2.75) is 10.4 Å². The standard InChI is InChI=1S/C14H17N3O2S.2ClH/c1-17-9-8-15-10-13(17)20(18,19)14-12-5-3-2-4-11(12)6-7-16-14;;/h2-7,13,15H,8-10H2,1H3;2*1H. The Balaban J connectivity index is 0.00000121. The van der Waals surface area contributed by atoms with Crippen LogP contribution in [0.2, 0.25) is 0 Å². The lowest BCUT2D eigenvalue weighted by Crippen LogP contribution is -2.53. The lowest BCUT2D eigenvalue weighted by Gasteiger charge is -2.32. The lowest BCUT2D eigenvalue weighted by molar-refractivity contribution is 0.255. The minimum Gasteiger partial charge on any atom is -0.313 e. The molecule has 0 saturated carbocycles. The van der Waals surface area contributed by atoms with E-state index in [-0.39, 0.29) is 29.8 Å². The van der Waals surface area contributed by atoms with Gasteiger partial charge in [-0.3, -0.25) is 4.90 Å². The van der Waals surface area contributed by atoms with E-state index in [0.29, 0.717) is 18.5 Å². The molecule has 1 N–H and O–H groups in total. The maximum atomic E-state index is 12.9. The highest BCUT2D eigenvalue weighted by atomic mass is 35.5. The fourth-order valence-electron chi connectivity index (χ4n) is 2.57. The molecule has 122 valence electrons. The molecule has 8 heteroatoms. The minimum absolute atomic E-state index is 0. The van der Waals surface area contributed by atoms with Crippen molar-refractivity contribution in [2.75, 3.05) is 26.7 Å². The maximum absolute atomic E-state index is 12.9. The first-order valence-corrected chi connectivity index (χ1v) is 8.14. The van der Waals surface area contributed by atoms with Crippen LogP contribution in [-0.4, -0.2) is 50.4 Å². The molecule has 0 spiro atoms. The molecule has 0 amide bonds. The number of benzene rings is 1. The molecule has 1 fully saturated rings. The second-order valence-corrected chi connectivity index (χ2v) is 7.04. The van der Waals surface area contributed by atoms with Gasteiger partial charge in [-0.1, -0.05) is 24.3 Å². The van der Waals surface area contributed by atoms with Crippen LogP contribution in [0.5, 0.6) is 0 Å². The fourth-order valence-corrected chi connectivity index (χ4v) is 4.45. The normalized spacial score (nSPS) is 19.2. The molecule has 5 nitrogen and oxygen atoms in total. The van der Waals surface area contributed by atoms with Gasteiger partial charge >= 0.3 is 0 Å². The molecule has 22 heavy (non-hydrogen) atoms. The number of aromatic nitrogens is 1. The number of hydrogen-bond donors (Lipinski definition) is 1. The monoisotopic (exact) mass is 363 g/mol. The topological polar surface area (TPSA) is 62.3 Å². The van der Waals surface area contributed by atoms with Crippen molar-refractivity contribution < 1.29 is 8.42 Å². The zero-order valence-electron chi connectivity index (χ0n) is 12.1. The number of hydrogen-bond acceptors (Lipinski definition) is 5. The number of rotatable bonds is 2. The molecule has 1 aromatic carbocycles. The second-order valence-electron chi connectivity index (χ2n) is 5.02. The van der Waals surface area contributed by atoms with Gasteiger partial charge in [0, 0.05) is 31.2 Å². The average Bonchev–Trinajstić information content (AvgIpc) is 2.47. The Hall–Kier alpha value is -0.920. The number of fused-ring (bicyclic) bond motifs is 1. The van der Waals surface area contributed by atoms with Crippen molar-refractivity contribution in [2.24, 2.45) is 0 Å². The van der Waals surface area contributed by atoms with Crippen LogP contribution >= 0.6 is 24.8 Å². The third kappa shape index (κ3) is 3.36. The molecule has 3 rings (SSSR count). The number of piperazine rings is 1. The fraction of sp³-hybridized carbons (Fsp3) is 0.357. The summed E-state index contributed by atoms with van der Waals surface area (Å²) in [7, 11) is -1.64. The summed E-state index contributed by atoms with van der Waals surface area (Å²) in [6.45, 7) is 1.96. The van der Waals surface area contributed by atoms with Gasteiger partial charge < -0.3 is 5.32 Å². The Bertz CT molecular complexity index is 734. The molecule has 2 heterocycles. The smallest absolute Gasteiger partial charge is 0.213 e. The van der Waals surface area contributed by atoms with Crippen molar-refractivity contribution in [1.82, 2.24) is 15.2 Å². The number of sulfone groups is 1. The molecule has 1 aliphatic heterocycles. The van der Waals surface area contributed by atoms with Gasteiger partial charge in [-0.25, -0.2) is 13.4 Å². The second kappa shape index (κ2) is 7.57. The van der Waals surface area contributed by atoms with Crippen LogP contribution in [0.15, 0.2) is 41.6 Å². The highest BCUT2D eigenvalue weighted by Crippen LogP contribution is 2.25. The first-order chi connectivity index (χ1) is 9.60. The van der Waals surface area contributed by atoms with E-state index < -0.39 is 15.2 Å². The van der Waals surface area contributed by atoms with Crippen LogP contribution in [0, 0.1) is 0 Å². The Morgan fingerprint density at radius 1 is 1.23 bits per heavy atom. The number of nitrogens with one attached hydrogen (secondary N) is 1. The van der Waals surface area contributed by atoms with E-state index >= 15 is 0 Å². The van der Waals surface area contributed by atoms with Gasteiger partial charge in [-0.2, -0.15) is 0 Å². The largest absolute Gasteiger partial charge is 0.313 e. The molecule has 0 radical (unpaired) electrons. The molecule has 1 saturated heterocycles. The van der Waals surface area contributed by atoms with Gasteiger partial charge in [0.1, 0.15) is 5.37 Å². The summed E-state index contributed by atoms with van der Waals surface area (Å²) in [6, 6.07) is 9.28. The van der Waals surface area contributed by atoms with E-state index in [9.17, 15) is 8.42 Å². The average molecular weight is 364 g/mol.